The number of ether oxygens (including phenoxy) is 1. The van der Waals surface area contributed by atoms with Gasteiger partial charge in [-0.05, 0) is 49.4 Å². The second-order valence-corrected chi connectivity index (χ2v) is 8.93. The third-order valence-corrected chi connectivity index (χ3v) is 7.11. The van der Waals surface area contributed by atoms with E-state index >= 15 is 0 Å². The topological polar surface area (TPSA) is 78.2 Å². The van der Waals surface area contributed by atoms with E-state index in [-0.39, 0.29) is 11.5 Å². The number of anilines is 1. The SMILES string of the molecule is N#Cc1ccc(N2CCC3(CC2)OCCc2sc(C(=O)NC4CC4)cc23)nc1. The minimum Gasteiger partial charge on any atom is -0.370 e. The van der Waals surface area contributed by atoms with Gasteiger partial charge < -0.3 is 15.0 Å². The summed E-state index contributed by atoms with van der Waals surface area (Å²) in [5.74, 6) is 0.968. The molecule has 2 fully saturated rings. The predicted octanol–water partition coefficient (Wildman–Crippen LogP) is 2.98. The molecule has 144 valence electrons. The van der Waals surface area contributed by atoms with Gasteiger partial charge in [-0.25, -0.2) is 4.98 Å². The number of aromatic nitrogens is 1. The highest BCUT2D eigenvalue weighted by Gasteiger charge is 2.42. The number of nitrogens with zero attached hydrogens (tertiary/aromatic N) is 3. The van der Waals surface area contributed by atoms with Gasteiger partial charge in [0.1, 0.15) is 11.9 Å². The van der Waals surface area contributed by atoms with Crippen LogP contribution in [0.4, 0.5) is 5.82 Å². The van der Waals surface area contributed by atoms with Gasteiger partial charge in [0.15, 0.2) is 0 Å². The van der Waals surface area contributed by atoms with Gasteiger partial charge in [0.25, 0.3) is 5.91 Å². The molecule has 6 nitrogen and oxygen atoms in total. The number of pyridine rings is 1. The monoisotopic (exact) mass is 394 g/mol. The zero-order valence-electron chi connectivity index (χ0n) is 15.6. The Labute approximate surface area is 168 Å². The standard InChI is InChI=1S/C21H22N4O2S/c22-12-14-1-4-19(23-13-14)25-8-6-21(7-9-25)16-11-18(20(26)24-15-2-3-15)28-17(16)5-10-27-21/h1,4,11,13,15H,2-3,5-10H2,(H,24,26). The largest absolute Gasteiger partial charge is 0.370 e. The molecular weight excluding hydrogens is 372 g/mol. The lowest BCUT2D eigenvalue weighted by atomic mass is 9.82. The molecule has 1 saturated heterocycles. The zero-order valence-corrected chi connectivity index (χ0v) is 16.4. The van der Waals surface area contributed by atoms with Crippen LogP contribution >= 0.6 is 11.3 Å². The van der Waals surface area contributed by atoms with Gasteiger partial charge in [0.05, 0.1) is 22.6 Å². The van der Waals surface area contributed by atoms with Crippen molar-refractivity contribution in [3.8, 4) is 6.07 Å². The van der Waals surface area contributed by atoms with Crippen LogP contribution in [0.15, 0.2) is 24.4 Å². The molecule has 0 atom stereocenters. The molecule has 1 spiro atoms. The summed E-state index contributed by atoms with van der Waals surface area (Å²) >= 11 is 1.63. The van der Waals surface area contributed by atoms with Crippen molar-refractivity contribution in [1.29, 1.82) is 5.26 Å². The summed E-state index contributed by atoms with van der Waals surface area (Å²) in [6, 6.07) is 8.28. The number of amides is 1. The van der Waals surface area contributed by atoms with Gasteiger partial charge in [-0.15, -0.1) is 11.3 Å². The van der Waals surface area contributed by atoms with E-state index in [1.54, 1.807) is 17.5 Å². The summed E-state index contributed by atoms with van der Waals surface area (Å²) < 4.78 is 6.32. The minimum atomic E-state index is -0.286. The van der Waals surface area contributed by atoms with Crippen LogP contribution in [0.3, 0.4) is 0 Å². The highest BCUT2D eigenvalue weighted by molar-refractivity contribution is 7.14. The third kappa shape index (κ3) is 3.17. The van der Waals surface area contributed by atoms with Gasteiger partial charge in [-0.3, -0.25) is 4.79 Å². The van der Waals surface area contributed by atoms with Gasteiger partial charge in [-0.1, -0.05) is 0 Å². The molecule has 0 radical (unpaired) electrons. The first kappa shape index (κ1) is 17.7. The van der Waals surface area contributed by atoms with Crippen molar-refractivity contribution >= 4 is 23.1 Å². The van der Waals surface area contributed by atoms with E-state index in [1.807, 2.05) is 12.1 Å². The molecule has 0 bridgehead atoms. The molecule has 1 saturated carbocycles. The van der Waals surface area contributed by atoms with Gasteiger partial charge >= 0.3 is 0 Å². The molecule has 7 heteroatoms. The normalized spacial score (nSPS) is 20.5. The van der Waals surface area contributed by atoms with E-state index < -0.39 is 0 Å². The summed E-state index contributed by atoms with van der Waals surface area (Å²) in [6.45, 7) is 2.40. The second kappa shape index (κ2) is 6.87. The van der Waals surface area contributed by atoms with Crippen LogP contribution in [-0.2, 0) is 16.8 Å². The Kier molecular flexibility index (Phi) is 4.33. The number of rotatable bonds is 3. The Hall–Kier alpha value is -2.43. The average molecular weight is 395 g/mol. The van der Waals surface area contributed by atoms with E-state index in [9.17, 15) is 4.79 Å². The van der Waals surface area contributed by atoms with E-state index in [1.165, 1.54) is 10.4 Å². The molecule has 0 unspecified atom stereocenters. The van der Waals surface area contributed by atoms with Crippen molar-refractivity contribution in [1.82, 2.24) is 10.3 Å². The van der Waals surface area contributed by atoms with Crippen LogP contribution in [0.25, 0.3) is 0 Å². The van der Waals surface area contributed by atoms with Crippen LogP contribution < -0.4 is 10.2 Å². The Morgan fingerprint density at radius 3 is 2.86 bits per heavy atom. The smallest absolute Gasteiger partial charge is 0.261 e. The number of nitrogens with one attached hydrogen (secondary N) is 1. The molecule has 28 heavy (non-hydrogen) atoms. The number of hydrogen-bond donors (Lipinski definition) is 1. The minimum absolute atomic E-state index is 0.0660. The quantitative estimate of drug-likeness (QED) is 0.866. The van der Waals surface area contributed by atoms with E-state index in [0.717, 1.165) is 55.9 Å². The predicted molar refractivity (Wildman–Crippen MR) is 107 cm³/mol. The number of hydrogen-bond acceptors (Lipinski definition) is 6. The Morgan fingerprint density at radius 1 is 1.36 bits per heavy atom. The number of nitriles is 1. The number of carbonyl (C=O) groups excluding carboxylic acids is 1. The van der Waals surface area contributed by atoms with Gasteiger partial charge in [0, 0.05) is 36.6 Å². The number of carbonyl (C=O) groups is 1. The second-order valence-electron chi connectivity index (χ2n) is 7.79. The zero-order chi connectivity index (χ0) is 19.1. The maximum absolute atomic E-state index is 12.5. The lowest BCUT2D eigenvalue weighted by molar-refractivity contribution is -0.0757. The Morgan fingerprint density at radius 2 is 2.18 bits per heavy atom. The Balaban J connectivity index is 1.34. The molecule has 2 aromatic heterocycles. The molecule has 1 N–H and O–H groups in total. The number of fused-ring (bicyclic) bond motifs is 2. The molecule has 3 aliphatic rings. The summed E-state index contributed by atoms with van der Waals surface area (Å²) in [5, 5.41) is 12.0. The van der Waals surface area contributed by atoms with Crippen LogP contribution in [0, 0.1) is 11.3 Å². The van der Waals surface area contributed by atoms with Crippen LogP contribution in [0.2, 0.25) is 0 Å². The molecule has 2 aliphatic heterocycles. The van der Waals surface area contributed by atoms with E-state index in [2.05, 4.69) is 27.3 Å². The highest BCUT2D eigenvalue weighted by Crippen LogP contribution is 2.45. The van der Waals surface area contributed by atoms with Crippen molar-refractivity contribution in [2.45, 2.75) is 43.7 Å². The fourth-order valence-corrected chi connectivity index (χ4v) is 5.30. The van der Waals surface area contributed by atoms with Crippen LogP contribution in [0.1, 0.15) is 51.4 Å². The third-order valence-electron chi connectivity index (χ3n) is 5.92. The lowest BCUT2D eigenvalue weighted by Crippen LogP contribution is -2.46. The van der Waals surface area contributed by atoms with E-state index in [0.29, 0.717) is 18.2 Å². The first-order chi connectivity index (χ1) is 13.7. The fraction of sp³-hybridized carbons (Fsp3) is 0.476. The molecule has 1 aliphatic carbocycles. The first-order valence-corrected chi connectivity index (χ1v) is 10.7. The molecule has 5 rings (SSSR count). The lowest BCUT2D eigenvalue weighted by Gasteiger charge is -2.44. The molecule has 0 aromatic carbocycles. The fourth-order valence-electron chi connectivity index (χ4n) is 4.16. The maximum atomic E-state index is 12.5. The molecule has 2 aromatic rings. The van der Waals surface area contributed by atoms with Crippen molar-refractivity contribution in [3.63, 3.8) is 0 Å². The highest BCUT2D eigenvalue weighted by atomic mass is 32.1. The molecular formula is C21H22N4O2S. The van der Waals surface area contributed by atoms with Gasteiger partial charge in [0.2, 0.25) is 0 Å². The molecule has 1 amide bonds. The average Bonchev–Trinajstić information content (AvgIpc) is 3.43. The Bertz CT molecular complexity index is 934. The number of piperidine rings is 1. The molecule has 4 heterocycles. The maximum Gasteiger partial charge on any atom is 0.261 e. The van der Waals surface area contributed by atoms with Crippen molar-refractivity contribution in [2.75, 3.05) is 24.6 Å². The summed E-state index contributed by atoms with van der Waals surface area (Å²) in [4.78, 5) is 21.3. The van der Waals surface area contributed by atoms with Crippen molar-refractivity contribution < 1.29 is 9.53 Å². The number of thiophene rings is 1. The summed E-state index contributed by atoms with van der Waals surface area (Å²) in [6.07, 6.45) is 6.47. The van der Waals surface area contributed by atoms with Crippen molar-refractivity contribution in [2.24, 2.45) is 0 Å². The van der Waals surface area contributed by atoms with Crippen molar-refractivity contribution in [3.05, 3.63) is 45.3 Å². The van der Waals surface area contributed by atoms with Gasteiger partial charge in [-0.2, -0.15) is 5.26 Å². The van der Waals surface area contributed by atoms with Crippen LogP contribution in [-0.4, -0.2) is 36.6 Å². The first-order valence-electron chi connectivity index (χ1n) is 9.86. The summed E-state index contributed by atoms with van der Waals surface area (Å²) in [5.41, 5.74) is 1.51. The van der Waals surface area contributed by atoms with E-state index in [4.69, 9.17) is 10.00 Å². The summed E-state index contributed by atoms with van der Waals surface area (Å²) in [7, 11) is 0. The van der Waals surface area contributed by atoms with Crippen LogP contribution in [0.5, 0.6) is 0 Å².